The third-order valence-electron chi connectivity index (χ3n) is 1.77. The predicted octanol–water partition coefficient (Wildman–Crippen LogP) is 0.647. The number of hydrogen-bond donors (Lipinski definition) is 0. The Morgan fingerprint density at radius 3 is 1.27 bits per heavy atom. The Kier molecular flexibility index (Phi) is 7.21. The van der Waals surface area contributed by atoms with Crippen LogP contribution in [0.25, 0.3) is 5.32 Å². The van der Waals surface area contributed by atoms with Gasteiger partial charge in [0, 0.05) is 0 Å². The van der Waals surface area contributed by atoms with E-state index in [9.17, 15) is 0 Å². The van der Waals surface area contributed by atoms with Gasteiger partial charge in [-0.05, 0) is 0 Å². The summed E-state index contributed by atoms with van der Waals surface area (Å²) < 4.78 is 0. The molecule has 0 aliphatic carbocycles. The first-order valence-corrected chi connectivity index (χ1v) is 4.27. The summed E-state index contributed by atoms with van der Waals surface area (Å²) in [6, 6.07) is 19.9. The minimum Gasteiger partial charge on any atom is -1.00 e. The van der Waals surface area contributed by atoms with Crippen molar-refractivity contribution in [3.05, 3.63) is 66.0 Å². The van der Waals surface area contributed by atoms with E-state index in [1.54, 1.807) is 0 Å². The second-order valence-corrected chi connectivity index (χ2v) is 2.78. The smallest absolute Gasteiger partial charge is 1.00 e. The molecule has 0 N–H and O–H groups in total. The second-order valence-electron chi connectivity index (χ2n) is 2.78. The first kappa shape index (κ1) is 14.3. The van der Waals surface area contributed by atoms with Gasteiger partial charge in [-0.25, -0.2) is 0 Å². The molecule has 0 spiro atoms. The maximum atomic E-state index is 4.44. The largest absolute Gasteiger partial charge is 2.00 e. The van der Waals surface area contributed by atoms with Crippen LogP contribution in [0.5, 0.6) is 0 Å². The van der Waals surface area contributed by atoms with Crippen molar-refractivity contribution in [2.45, 2.75) is 0 Å². The first-order chi connectivity index (χ1) is 6.45. The van der Waals surface area contributed by atoms with Crippen molar-refractivity contribution in [1.82, 2.24) is 0 Å². The molecule has 15 heavy (non-hydrogen) atoms. The summed E-state index contributed by atoms with van der Waals surface area (Å²) in [5.74, 6) is 0. The number of halogens is 1. The standard InChI is InChI=1S/C12H10N.ClH.Mg/c1-3-7-11(8-4-1)13-12-9-5-2-6-10-12;;/h1-10H;1H;/q-1;;+2/p-1. The summed E-state index contributed by atoms with van der Waals surface area (Å²) in [5, 5.41) is 4.44. The van der Waals surface area contributed by atoms with E-state index in [1.165, 1.54) is 0 Å². The maximum absolute atomic E-state index is 4.44. The number of benzene rings is 2. The van der Waals surface area contributed by atoms with Crippen LogP contribution in [0.4, 0.5) is 11.4 Å². The van der Waals surface area contributed by atoms with Crippen LogP contribution in [0.1, 0.15) is 0 Å². The molecule has 0 atom stereocenters. The molecule has 2 aromatic rings. The Hall–Kier alpha value is -0.704. The first-order valence-electron chi connectivity index (χ1n) is 4.27. The summed E-state index contributed by atoms with van der Waals surface area (Å²) in [6.07, 6.45) is 0. The Bertz CT molecular complexity index is 326. The topological polar surface area (TPSA) is 14.1 Å². The van der Waals surface area contributed by atoms with Crippen LogP contribution in [0.2, 0.25) is 0 Å². The van der Waals surface area contributed by atoms with Gasteiger partial charge in [-0.1, -0.05) is 60.7 Å². The van der Waals surface area contributed by atoms with Crippen molar-refractivity contribution in [3.63, 3.8) is 0 Å². The average molecular weight is 228 g/mol. The van der Waals surface area contributed by atoms with Crippen molar-refractivity contribution in [2.75, 3.05) is 0 Å². The SMILES string of the molecule is [Cl-].[Mg+2].c1ccc([N-]c2ccccc2)cc1. The van der Waals surface area contributed by atoms with Gasteiger partial charge in [0.05, 0.1) is 0 Å². The monoisotopic (exact) mass is 227 g/mol. The zero-order valence-electron chi connectivity index (χ0n) is 8.31. The number of nitrogens with zero attached hydrogens (tertiary/aromatic N) is 1. The fourth-order valence-electron chi connectivity index (χ4n) is 1.15. The minimum absolute atomic E-state index is 0. The molecular weight excluding hydrogens is 218 g/mol. The van der Waals surface area contributed by atoms with E-state index in [4.69, 9.17) is 0 Å². The predicted molar refractivity (Wildman–Crippen MR) is 61.3 cm³/mol. The molecule has 0 aliphatic heterocycles. The van der Waals surface area contributed by atoms with Crippen LogP contribution in [-0.2, 0) is 0 Å². The Balaban J connectivity index is 0.000000980. The number of hydrogen-bond acceptors (Lipinski definition) is 0. The van der Waals surface area contributed by atoms with Crippen LogP contribution in [0, 0.1) is 0 Å². The van der Waals surface area contributed by atoms with Gasteiger partial charge in [-0.2, -0.15) is 0 Å². The van der Waals surface area contributed by atoms with Crippen molar-refractivity contribution < 1.29 is 12.4 Å². The summed E-state index contributed by atoms with van der Waals surface area (Å²) in [6.45, 7) is 0. The van der Waals surface area contributed by atoms with Crippen molar-refractivity contribution in [3.8, 4) is 0 Å². The van der Waals surface area contributed by atoms with Gasteiger partial charge in [0.1, 0.15) is 0 Å². The van der Waals surface area contributed by atoms with E-state index in [0.717, 1.165) is 11.4 Å². The van der Waals surface area contributed by atoms with Gasteiger partial charge in [0.15, 0.2) is 0 Å². The second kappa shape index (κ2) is 7.57. The zero-order chi connectivity index (χ0) is 8.93. The molecule has 2 rings (SSSR count). The van der Waals surface area contributed by atoms with E-state index >= 15 is 0 Å². The number of rotatable bonds is 2. The van der Waals surface area contributed by atoms with Crippen molar-refractivity contribution >= 4 is 34.4 Å². The third kappa shape index (κ3) is 4.56. The fraction of sp³-hybridized carbons (Fsp3) is 0. The van der Waals surface area contributed by atoms with E-state index in [-0.39, 0.29) is 35.5 Å². The van der Waals surface area contributed by atoms with Gasteiger partial charge in [-0.15, -0.1) is 11.4 Å². The van der Waals surface area contributed by atoms with Crippen LogP contribution in [0.3, 0.4) is 0 Å². The summed E-state index contributed by atoms with van der Waals surface area (Å²) in [5.41, 5.74) is 1.99. The van der Waals surface area contributed by atoms with Crippen LogP contribution in [0.15, 0.2) is 60.7 Å². The Morgan fingerprint density at radius 2 is 0.933 bits per heavy atom. The summed E-state index contributed by atoms with van der Waals surface area (Å²) in [4.78, 5) is 0. The van der Waals surface area contributed by atoms with E-state index < -0.39 is 0 Å². The van der Waals surface area contributed by atoms with E-state index in [0.29, 0.717) is 0 Å². The van der Waals surface area contributed by atoms with Crippen molar-refractivity contribution in [1.29, 1.82) is 0 Å². The molecule has 0 saturated carbocycles. The van der Waals surface area contributed by atoms with Gasteiger partial charge in [0.25, 0.3) is 0 Å². The van der Waals surface area contributed by atoms with E-state index in [2.05, 4.69) is 5.32 Å². The van der Waals surface area contributed by atoms with Crippen LogP contribution >= 0.6 is 0 Å². The van der Waals surface area contributed by atoms with Crippen LogP contribution in [-0.4, -0.2) is 23.1 Å². The normalized spacial score (nSPS) is 8.27. The molecule has 0 amide bonds. The molecule has 0 fully saturated rings. The fourth-order valence-corrected chi connectivity index (χ4v) is 1.15. The third-order valence-corrected chi connectivity index (χ3v) is 1.77. The molecule has 1 nitrogen and oxygen atoms in total. The zero-order valence-corrected chi connectivity index (χ0v) is 10.5. The summed E-state index contributed by atoms with van der Waals surface area (Å²) >= 11 is 0. The van der Waals surface area contributed by atoms with Gasteiger partial charge >= 0.3 is 23.1 Å². The quantitative estimate of drug-likeness (QED) is 0.670. The molecule has 0 aliphatic rings. The molecular formula is C12H10ClMgN. The molecule has 0 bridgehead atoms. The molecule has 72 valence electrons. The summed E-state index contributed by atoms with van der Waals surface area (Å²) in [7, 11) is 0. The molecule has 0 heterocycles. The van der Waals surface area contributed by atoms with Gasteiger partial charge in [-0.3, -0.25) is 0 Å². The van der Waals surface area contributed by atoms with Crippen molar-refractivity contribution in [2.24, 2.45) is 0 Å². The minimum atomic E-state index is 0. The molecule has 0 aromatic heterocycles. The molecule has 0 radical (unpaired) electrons. The van der Waals surface area contributed by atoms with Gasteiger partial charge < -0.3 is 17.7 Å². The average Bonchev–Trinajstić information content (AvgIpc) is 2.21. The Morgan fingerprint density at radius 1 is 0.600 bits per heavy atom. The van der Waals surface area contributed by atoms with Gasteiger partial charge in [0.2, 0.25) is 0 Å². The molecule has 0 unspecified atom stereocenters. The molecule has 0 saturated heterocycles. The maximum Gasteiger partial charge on any atom is 2.00 e. The number of para-hydroxylation sites is 2. The Labute approximate surface area is 112 Å². The molecule has 2 aromatic carbocycles. The molecule has 3 heteroatoms. The van der Waals surface area contributed by atoms with E-state index in [1.807, 2.05) is 60.7 Å². The van der Waals surface area contributed by atoms with Crippen LogP contribution < -0.4 is 12.4 Å².